The van der Waals surface area contributed by atoms with E-state index in [4.69, 9.17) is 0 Å². The first-order chi connectivity index (χ1) is 11.6. The van der Waals surface area contributed by atoms with Gasteiger partial charge in [-0.1, -0.05) is 6.07 Å². The molecule has 0 unspecified atom stereocenters. The second-order valence-corrected chi connectivity index (χ2v) is 5.93. The Kier molecular flexibility index (Phi) is 3.55. The first-order valence-electron chi connectivity index (χ1n) is 7.72. The summed E-state index contributed by atoms with van der Waals surface area (Å²) in [6.45, 7) is 0. The number of fused-ring (bicyclic) bond motifs is 1. The minimum absolute atomic E-state index is 0.00652. The van der Waals surface area contributed by atoms with Gasteiger partial charge in [-0.05, 0) is 25.0 Å². The third-order valence-electron chi connectivity index (χ3n) is 4.03. The topological polar surface area (TPSA) is 60.2 Å². The number of rotatable bonds is 5. The monoisotopic (exact) mass is 328 g/mol. The van der Waals surface area contributed by atoms with E-state index < -0.39 is 12.1 Å². The van der Waals surface area contributed by atoms with Crippen molar-refractivity contribution in [2.24, 2.45) is 0 Å². The number of hydrogen-bond acceptors (Lipinski definition) is 4. The van der Waals surface area contributed by atoms with E-state index in [0.717, 1.165) is 24.2 Å². The van der Waals surface area contributed by atoms with Crippen LogP contribution < -0.4 is 0 Å². The lowest BCUT2D eigenvalue weighted by molar-refractivity contribution is 0.0985. The van der Waals surface area contributed by atoms with Crippen molar-refractivity contribution in [3.8, 4) is 0 Å². The van der Waals surface area contributed by atoms with Crippen LogP contribution in [0.1, 0.15) is 52.8 Å². The fourth-order valence-electron chi connectivity index (χ4n) is 2.61. The van der Waals surface area contributed by atoms with Gasteiger partial charge in [-0.3, -0.25) is 9.78 Å². The zero-order chi connectivity index (χ0) is 16.7. The second-order valence-electron chi connectivity index (χ2n) is 5.93. The van der Waals surface area contributed by atoms with Gasteiger partial charge in [-0.15, -0.1) is 0 Å². The average Bonchev–Trinajstić information content (AvgIpc) is 3.34. The first-order valence-corrected chi connectivity index (χ1v) is 7.72. The molecule has 122 valence electrons. The zero-order valence-corrected chi connectivity index (χ0v) is 12.7. The molecular formula is C17H14F2N4O. The lowest BCUT2D eigenvalue weighted by Crippen LogP contribution is -2.09. The van der Waals surface area contributed by atoms with Gasteiger partial charge < -0.3 is 4.40 Å². The molecule has 7 heteroatoms. The number of carbonyl (C=O) groups excluding carboxylic acids is 1. The van der Waals surface area contributed by atoms with Crippen LogP contribution in [0.3, 0.4) is 0 Å². The molecule has 1 aliphatic carbocycles. The van der Waals surface area contributed by atoms with Crippen LogP contribution in [0.2, 0.25) is 0 Å². The fraction of sp³-hybridized carbons (Fsp3) is 0.294. The Hall–Kier alpha value is -2.70. The minimum Gasteiger partial charge on any atom is -0.304 e. The summed E-state index contributed by atoms with van der Waals surface area (Å²) < 4.78 is 27.2. The molecule has 0 radical (unpaired) electrons. The van der Waals surface area contributed by atoms with Crippen LogP contribution in [0, 0.1) is 0 Å². The van der Waals surface area contributed by atoms with E-state index >= 15 is 0 Å². The molecule has 1 aliphatic rings. The molecule has 3 aromatic heterocycles. The van der Waals surface area contributed by atoms with E-state index in [1.54, 1.807) is 12.4 Å². The number of pyridine rings is 1. The summed E-state index contributed by atoms with van der Waals surface area (Å²) in [6, 6.07) is 4.06. The average molecular weight is 328 g/mol. The number of halogens is 2. The number of alkyl halides is 2. The molecule has 5 nitrogen and oxygen atoms in total. The molecule has 0 saturated heterocycles. The van der Waals surface area contributed by atoms with E-state index in [2.05, 4.69) is 15.0 Å². The van der Waals surface area contributed by atoms with Crippen molar-refractivity contribution < 1.29 is 13.6 Å². The van der Waals surface area contributed by atoms with E-state index in [1.165, 1.54) is 18.2 Å². The van der Waals surface area contributed by atoms with E-state index in [9.17, 15) is 13.6 Å². The smallest absolute Gasteiger partial charge is 0.280 e. The molecule has 0 bridgehead atoms. The predicted octanol–water partition coefficient (Wildman–Crippen LogP) is 3.36. The van der Waals surface area contributed by atoms with Crippen molar-refractivity contribution in [2.75, 3.05) is 0 Å². The molecule has 24 heavy (non-hydrogen) atoms. The molecule has 4 rings (SSSR count). The maximum atomic E-state index is 12.7. The first kappa shape index (κ1) is 14.9. The zero-order valence-electron chi connectivity index (χ0n) is 12.7. The Bertz CT molecular complexity index is 918. The summed E-state index contributed by atoms with van der Waals surface area (Å²) in [6.07, 6.45) is 4.97. The molecule has 3 heterocycles. The number of aromatic nitrogens is 4. The summed E-state index contributed by atoms with van der Waals surface area (Å²) in [5.41, 5.74) is 1.97. The highest BCUT2D eigenvalue weighted by molar-refractivity contribution is 5.95. The molecule has 1 fully saturated rings. The summed E-state index contributed by atoms with van der Waals surface area (Å²) in [5.74, 6) is 0.197. The van der Waals surface area contributed by atoms with Crippen LogP contribution >= 0.6 is 0 Å². The maximum absolute atomic E-state index is 12.7. The van der Waals surface area contributed by atoms with Gasteiger partial charge in [-0.25, -0.2) is 18.7 Å². The molecule has 0 spiro atoms. The maximum Gasteiger partial charge on any atom is 0.280 e. The van der Waals surface area contributed by atoms with Gasteiger partial charge in [-0.2, -0.15) is 0 Å². The molecule has 3 aromatic rings. The SMILES string of the molecule is O=C(Cc1cn2cc(C3CC3)nc2cn1)c1cccc(C(F)F)n1. The third kappa shape index (κ3) is 2.89. The highest BCUT2D eigenvalue weighted by atomic mass is 19.3. The van der Waals surface area contributed by atoms with Crippen molar-refractivity contribution in [3.05, 3.63) is 59.6 Å². The highest BCUT2D eigenvalue weighted by Gasteiger charge is 2.26. The Balaban J connectivity index is 1.56. The lowest BCUT2D eigenvalue weighted by atomic mass is 10.1. The van der Waals surface area contributed by atoms with E-state index in [1.807, 2.05) is 10.6 Å². The van der Waals surface area contributed by atoms with Crippen molar-refractivity contribution in [1.82, 2.24) is 19.4 Å². The van der Waals surface area contributed by atoms with Gasteiger partial charge in [0.15, 0.2) is 11.4 Å². The minimum atomic E-state index is -2.70. The van der Waals surface area contributed by atoms with Gasteiger partial charge in [0, 0.05) is 18.3 Å². The largest absolute Gasteiger partial charge is 0.304 e. The molecule has 1 saturated carbocycles. The highest BCUT2D eigenvalue weighted by Crippen LogP contribution is 2.39. The Labute approximate surface area is 136 Å². The fourth-order valence-corrected chi connectivity index (χ4v) is 2.61. The van der Waals surface area contributed by atoms with Gasteiger partial charge in [0.2, 0.25) is 0 Å². The molecule has 0 atom stereocenters. The van der Waals surface area contributed by atoms with Crippen molar-refractivity contribution in [2.45, 2.75) is 31.6 Å². The number of hydrogen-bond donors (Lipinski definition) is 0. The molecule has 0 amide bonds. The molecule has 0 aromatic carbocycles. The van der Waals surface area contributed by atoms with Crippen LogP contribution in [0.15, 0.2) is 36.8 Å². The Morgan fingerprint density at radius 3 is 2.83 bits per heavy atom. The Morgan fingerprint density at radius 1 is 1.25 bits per heavy atom. The lowest BCUT2D eigenvalue weighted by Gasteiger charge is -2.04. The van der Waals surface area contributed by atoms with Crippen LogP contribution in [0.25, 0.3) is 5.65 Å². The van der Waals surface area contributed by atoms with Gasteiger partial charge in [0.1, 0.15) is 11.4 Å². The standard InChI is InChI=1S/C17H14F2N4O/c18-17(19)13-3-1-2-12(21-13)15(24)6-11-8-23-9-14(10-4-5-10)22-16(23)7-20-11/h1-3,7-10,17H,4-6H2. The van der Waals surface area contributed by atoms with Gasteiger partial charge in [0.25, 0.3) is 6.43 Å². The van der Waals surface area contributed by atoms with Crippen LogP contribution in [-0.2, 0) is 6.42 Å². The number of ketones is 1. The summed E-state index contributed by atoms with van der Waals surface area (Å²) in [5, 5.41) is 0. The molecule has 0 N–H and O–H groups in total. The van der Waals surface area contributed by atoms with Crippen molar-refractivity contribution >= 4 is 11.4 Å². The van der Waals surface area contributed by atoms with Crippen molar-refractivity contribution in [1.29, 1.82) is 0 Å². The summed E-state index contributed by atoms with van der Waals surface area (Å²) >= 11 is 0. The second kappa shape index (κ2) is 5.74. The molecular weight excluding hydrogens is 314 g/mol. The third-order valence-corrected chi connectivity index (χ3v) is 4.03. The van der Waals surface area contributed by atoms with Crippen LogP contribution in [0.5, 0.6) is 0 Å². The summed E-state index contributed by atoms with van der Waals surface area (Å²) in [7, 11) is 0. The number of carbonyl (C=O) groups is 1. The van der Waals surface area contributed by atoms with Gasteiger partial charge in [0.05, 0.1) is 24.0 Å². The quantitative estimate of drug-likeness (QED) is 0.674. The van der Waals surface area contributed by atoms with Gasteiger partial charge >= 0.3 is 0 Å². The van der Waals surface area contributed by atoms with Crippen molar-refractivity contribution in [3.63, 3.8) is 0 Å². The van der Waals surface area contributed by atoms with Crippen LogP contribution in [-0.4, -0.2) is 25.1 Å². The number of imidazole rings is 1. The van der Waals surface area contributed by atoms with Crippen LogP contribution in [0.4, 0.5) is 8.78 Å². The predicted molar refractivity (Wildman–Crippen MR) is 82.2 cm³/mol. The Morgan fingerprint density at radius 2 is 2.08 bits per heavy atom. The number of Topliss-reactive ketones (excluding diaryl/α,β-unsaturated/α-hetero) is 1. The molecule has 0 aliphatic heterocycles. The van der Waals surface area contributed by atoms with E-state index in [-0.39, 0.29) is 17.9 Å². The number of nitrogens with zero attached hydrogens (tertiary/aromatic N) is 4. The van der Waals surface area contributed by atoms with E-state index in [0.29, 0.717) is 11.6 Å². The normalized spacial score (nSPS) is 14.5. The summed E-state index contributed by atoms with van der Waals surface area (Å²) in [4.78, 5) is 24.7.